The van der Waals surface area contributed by atoms with E-state index in [1.165, 1.54) is 18.3 Å². The molecular weight excluding hydrogens is 319 g/mol. The quantitative estimate of drug-likeness (QED) is 0.832. The molecule has 1 amide bonds. The van der Waals surface area contributed by atoms with E-state index in [1.54, 1.807) is 0 Å². The maximum absolute atomic E-state index is 10.9. The summed E-state index contributed by atoms with van der Waals surface area (Å²) >= 11 is 1.45. The number of amides is 1. The van der Waals surface area contributed by atoms with Crippen LogP contribution >= 0.6 is 36.2 Å². The van der Waals surface area contributed by atoms with Gasteiger partial charge in [0.25, 0.3) is 0 Å². The van der Waals surface area contributed by atoms with Crippen molar-refractivity contribution in [2.45, 2.75) is 27.3 Å². The van der Waals surface area contributed by atoms with Crippen LogP contribution in [-0.2, 0) is 11.3 Å². The molecule has 1 rings (SSSR count). The number of halogens is 2. The minimum Gasteiger partial charge on any atom is -0.330 e. The molecule has 0 bridgehead atoms. The van der Waals surface area contributed by atoms with Crippen LogP contribution in [0.15, 0.2) is 5.38 Å². The number of carbonyl (C=O) groups excluding carboxylic acids is 1. The molecule has 0 spiro atoms. The van der Waals surface area contributed by atoms with Gasteiger partial charge in [-0.15, -0.1) is 36.2 Å². The van der Waals surface area contributed by atoms with E-state index in [2.05, 4.69) is 36.1 Å². The minimum atomic E-state index is -0.0893. The van der Waals surface area contributed by atoms with Gasteiger partial charge in [0.15, 0.2) is 5.13 Å². The summed E-state index contributed by atoms with van der Waals surface area (Å²) in [7, 11) is 2.05. The van der Waals surface area contributed by atoms with Crippen LogP contribution in [0.5, 0.6) is 0 Å². The number of thiazole rings is 1. The van der Waals surface area contributed by atoms with Gasteiger partial charge in [-0.25, -0.2) is 4.98 Å². The van der Waals surface area contributed by atoms with Gasteiger partial charge in [-0.1, -0.05) is 13.8 Å². The minimum absolute atomic E-state index is 0. The van der Waals surface area contributed by atoms with E-state index >= 15 is 0 Å². The maximum atomic E-state index is 10.9. The number of rotatable bonds is 6. The average molecular weight is 343 g/mol. The van der Waals surface area contributed by atoms with Crippen molar-refractivity contribution >= 4 is 47.2 Å². The summed E-state index contributed by atoms with van der Waals surface area (Å²) in [4.78, 5) is 17.5. The lowest BCUT2D eigenvalue weighted by Gasteiger charge is -2.28. The molecule has 1 aromatic heterocycles. The van der Waals surface area contributed by atoms with E-state index in [0.29, 0.717) is 11.7 Å². The summed E-state index contributed by atoms with van der Waals surface area (Å²) in [6.45, 7) is 8.11. The molecule has 5 nitrogen and oxygen atoms in total. The molecule has 0 aliphatic rings. The van der Waals surface area contributed by atoms with Crippen molar-refractivity contribution in [2.24, 2.45) is 11.1 Å². The fraction of sp³-hybridized carbons (Fsp3) is 0.667. The summed E-state index contributed by atoms with van der Waals surface area (Å²) in [6, 6.07) is 0. The van der Waals surface area contributed by atoms with Gasteiger partial charge in [0.1, 0.15) is 0 Å². The van der Waals surface area contributed by atoms with Crippen LogP contribution in [0, 0.1) is 5.41 Å². The van der Waals surface area contributed by atoms with E-state index in [9.17, 15) is 4.79 Å². The summed E-state index contributed by atoms with van der Waals surface area (Å²) in [5.74, 6) is -0.0893. The third kappa shape index (κ3) is 8.01. The first-order valence-electron chi connectivity index (χ1n) is 5.93. The molecule has 0 aliphatic carbocycles. The lowest BCUT2D eigenvalue weighted by Crippen LogP contribution is -2.36. The third-order valence-corrected chi connectivity index (χ3v) is 3.32. The topological polar surface area (TPSA) is 71.2 Å². The molecule has 0 aliphatic heterocycles. The second-order valence-electron chi connectivity index (χ2n) is 5.37. The summed E-state index contributed by atoms with van der Waals surface area (Å²) in [6.07, 6.45) is 0. The van der Waals surface area contributed by atoms with Gasteiger partial charge in [-0.3, -0.25) is 9.69 Å². The van der Waals surface area contributed by atoms with Crippen LogP contribution in [0.4, 0.5) is 5.13 Å². The molecule has 20 heavy (non-hydrogen) atoms. The van der Waals surface area contributed by atoms with Crippen LogP contribution in [0.3, 0.4) is 0 Å². The Bertz CT molecular complexity index is 412. The number of hydrogen-bond donors (Lipinski definition) is 2. The molecule has 0 aromatic carbocycles. The molecule has 3 N–H and O–H groups in total. The molecule has 8 heteroatoms. The first-order chi connectivity index (χ1) is 8.32. The highest BCUT2D eigenvalue weighted by atomic mass is 35.5. The van der Waals surface area contributed by atoms with E-state index in [4.69, 9.17) is 5.73 Å². The fourth-order valence-electron chi connectivity index (χ4n) is 1.72. The Morgan fingerprint density at radius 2 is 2.10 bits per heavy atom. The van der Waals surface area contributed by atoms with Crippen LogP contribution in [-0.4, -0.2) is 35.9 Å². The molecule has 0 fully saturated rings. The van der Waals surface area contributed by atoms with E-state index in [1.807, 2.05) is 5.38 Å². The van der Waals surface area contributed by atoms with E-state index in [0.717, 1.165) is 18.8 Å². The number of hydrogen-bond acceptors (Lipinski definition) is 5. The number of nitrogens with one attached hydrogen (secondary N) is 1. The van der Waals surface area contributed by atoms with Crippen molar-refractivity contribution in [3.63, 3.8) is 0 Å². The van der Waals surface area contributed by atoms with E-state index in [-0.39, 0.29) is 36.1 Å². The van der Waals surface area contributed by atoms with Gasteiger partial charge in [0, 0.05) is 25.4 Å². The summed E-state index contributed by atoms with van der Waals surface area (Å²) in [5, 5.41) is 5.31. The monoisotopic (exact) mass is 342 g/mol. The molecule has 0 unspecified atom stereocenters. The van der Waals surface area contributed by atoms with Gasteiger partial charge in [-0.2, -0.15) is 0 Å². The number of anilines is 1. The van der Waals surface area contributed by atoms with Crippen LogP contribution < -0.4 is 11.1 Å². The Hall–Kier alpha value is -0.400. The molecule has 0 radical (unpaired) electrons. The molecule has 0 saturated heterocycles. The average Bonchev–Trinajstić information content (AvgIpc) is 2.63. The molecule has 0 saturated carbocycles. The highest BCUT2D eigenvalue weighted by Crippen LogP contribution is 2.19. The van der Waals surface area contributed by atoms with Gasteiger partial charge < -0.3 is 11.1 Å². The Morgan fingerprint density at radius 3 is 2.60 bits per heavy atom. The van der Waals surface area contributed by atoms with Gasteiger partial charge in [0.05, 0.1) is 5.69 Å². The Labute approximate surface area is 137 Å². The Morgan fingerprint density at radius 1 is 1.50 bits per heavy atom. The maximum Gasteiger partial charge on any atom is 0.223 e. The first kappa shape index (κ1) is 21.9. The summed E-state index contributed by atoms with van der Waals surface area (Å²) < 4.78 is 0. The molecule has 1 heterocycles. The SMILES string of the molecule is CC(=O)Nc1nc(CN(C)CC(C)(C)CN)cs1.Cl.Cl. The second-order valence-corrected chi connectivity index (χ2v) is 6.22. The van der Waals surface area contributed by atoms with Gasteiger partial charge in [0.2, 0.25) is 5.91 Å². The third-order valence-electron chi connectivity index (χ3n) is 2.52. The number of nitrogens with two attached hydrogens (primary N) is 1. The molecule has 1 aromatic rings. The standard InChI is InChI=1S/C12H22N4OS.2ClH/c1-9(17)14-11-15-10(6-18-11)5-16(4)8-12(2,3)7-13;;/h6H,5,7-8,13H2,1-4H3,(H,14,15,17);2*1H. The van der Waals surface area contributed by atoms with Crippen molar-refractivity contribution in [3.8, 4) is 0 Å². The van der Waals surface area contributed by atoms with Crippen LogP contribution in [0.2, 0.25) is 0 Å². The van der Waals surface area contributed by atoms with Crippen molar-refractivity contribution in [1.82, 2.24) is 9.88 Å². The number of carbonyl (C=O) groups is 1. The zero-order chi connectivity index (χ0) is 13.8. The number of nitrogens with zero attached hydrogens (tertiary/aromatic N) is 2. The Balaban J connectivity index is 0. The number of aromatic nitrogens is 1. The zero-order valence-corrected chi connectivity index (χ0v) is 14.8. The molecular formula is C12H24Cl2N4OS. The predicted octanol–water partition coefficient (Wildman–Crippen LogP) is 2.36. The first-order valence-corrected chi connectivity index (χ1v) is 6.81. The fourth-order valence-corrected chi connectivity index (χ4v) is 2.46. The zero-order valence-electron chi connectivity index (χ0n) is 12.3. The normalized spacial score (nSPS) is 10.7. The lowest BCUT2D eigenvalue weighted by atomic mass is 9.93. The largest absolute Gasteiger partial charge is 0.330 e. The van der Waals surface area contributed by atoms with E-state index < -0.39 is 0 Å². The van der Waals surface area contributed by atoms with Crippen molar-refractivity contribution < 1.29 is 4.79 Å². The van der Waals surface area contributed by atoms with Crippen molar-refractivity contribution in [2.75, 3.05) is 25.5 Å². The van der Waals surface area contributed by atoms with Crippen molar-refractivity contribution in [1.29, 1.82) is 0 Å². The van der Waals surface area contributed by atoms with Crippen LogP contribution in [0.1, 0.15) is 26.5 Å². The lowest BCUT2D eigenvalue weighted by molar-refractivity contribution is -0.114. The highest BCUT2D eigenvalue weighted by molar-refractivity contribution is 7.13. The Kier molecular flexibility index (Phi) is 10.4. The summed E-state index contributed by atoms with van der Waals surface area (Å²) in [5.41, 5.74) is 6.79. The predicted molar refractivity (Wildman–Crippen MR) is 90.1 cm³/mol. The van der Waals surface area contributed by atoms with Crippen molar-refractivity contribution in [3.05, 3.63) is 11.1 Å². The van der Waals surface area contributed by atoms with Gasteiger partial charge in [-0.05, 0) is 19.0 Å². The molecule has 118 valence electrons. The second kappa shape index (κ2) is 9.52. The molecule has 0 atom stereocenters. The van der Waals surface area contributed by atoms with Gasteiger partial charge >= 0.3 is 0 Å². The smallest absolute Gasteiger partial charge is 0.223 e. The van der Waals surface area contributed by atoms with Crippen LogP contribution in [0.25, 0.3) is 0 Å². The highest BCUT2D eigenvalue weighted by Gasteiger charge is 2.18.